The maximum Gasteiger partial charge on any atom is 0.157 e. The Labute approximate surface area is 114 Å². The summed E-state index contributed by atoms with van der Waals surface area (Å²) >= 11 is 1.86. The highest BCUT2D eigenvalue weighted by atomic mass is 32.2. The van der Waals surface area contributed by atoms with Gasteiger partial charge < -0.3 is 5.32 Å². The second kappa shape index (κ2) is 5.79. The van der Waals surface area contributed by atoms with Crippen LogP contribution in [-0.4, -0.2) is 16.5 Å². The van der Waals surface area contributed by atoms with Gasteiger partial charge in [0.25, 0.3) is 0 Å². The Bertz CT molecular complexity index is 436. The van der Waals surface area contributed by atoms with Crippen molar-refractivity contribution >= 4 is 16.9 Å². The lowest BCUT2D eigenvalue weighted by Crippen LogP contribution is -2.42. The normalized spacial score (nSPS) is 20.1. The molecule has 0 unspecified atom stereocenters. The lowest BCUT2D eigenvalue weighted by molar-refractivity contribution is 0.407. The number of hydrogen-bond acceptors (Lipinski definition) is 2. The molecule has 1 saturated heterocycles. The van der Waals surface area contributed by atoms with E-state index in [1.165, 1.54) is 24.0 Å². The van der Waals surface area contributed by atoms with E-state index in [1.807, 2.05) is 11.8 Å². The zero-order valence-corrected chi connectivity index (χ0v) is 12.3. The fraction of sp³-hybridized carbons (Fsp3) is 0.533. The first-order chi connectivity index (χ1) is 8.69. The van der Waals surface area contributed by atoms with Gasteiger partial charge in [-0.3, -0.25) is 4.99 Å². The van der Waals surface area contributed by atoms with Crippen molar-refractivity contribution in [2.75, 3.05) is 5.75 Å². The molecule has 2 nitrogen and oxygen atoms in total. The number of nitrogens with one attached hydrogen (secondary N) is 1. The second-order valence-corrected chi connectivity index (χ2v) is 5.91. The van der Waals surface area contributed by atoms with E-state index >= 15 is 0 Å². The molecule has 0 bridgehead atoms. The molecule has 1 aliphatic heterocycles. The quantitative estimate of drug-likeness (QED) is 0.893. The second-order valence-electron chi connectivity index (χ2n) is 4.95. The maximum absolute atomic E-state index is 4.71. The molecule has 0 saturated carbocycles. The Kier molecular flexibility index (Phi) is 4.33. The summed E-state index contributed by atoms with van der Waals surface area (Å²) in [4.78, 5) is 4.71. The van der Waals surface area contributed by atoms with E-state index in [0.717, 1.165) is 17.5 Å². The molecule has 18 heavy (non-hydrogen) atoms. The Morgan fingerprint density at radius 1 is 1.28 bits per heavy atom. The summed E-state index contributed by atoms with van der Waals surface area (Å²) < 4.78 is 0. The molecule has 0 spiro atoms. The van der Waals surface area contributed by atoms with Crippen molar-refractivity contribution in [1.29, 1.82) is 0 Å². The van der Waals surface area contributed by atoms with E-state index in [-0.39, 0.29) is 5.54 Å². The number of amidine groups is 1. The molecular weight excluding hydrogens is 240 g/mol. The van der Waals surface area contributed by atoms with Crippen molar-refractivity contribution < 1.29 is 0 Å². The van der Waals surface area contributed by atoms with Crippen molar-refractivity contribution in [3.63, 3.8) is 0 Å². The predicted molar refractivity (Wildman–Crippen MR) is 81.2 cm³/mol. The summed E-state index contributed by atoms with van der Waals surface area (Å²) in [6, 6.07) is 8.47. The Balaban J connectivity index is 2.02. The number of thioether (sulfide) groups is 1. The van der Waals surface area contributed by atoms with E-state index in [9.17, 15) is 0 Å². The van der Waals surface area contributed by atoms with Gasteiger partial charge in [0, 0.05) is 11.3 Å². The largest absolute Gasteiger partial charge is 0.359 e. The number of aryl methyl sites for hydroxylation is 1. The van der Waals surface area contributed by atoms with Crippen molar-refractivity contribution in [1.82, 2.24) is 5.32 Å². The van der Waals surface area contributed by atoms with Crippen LogP contribution >= 0.6 is 11.8 Å². The molecule has 1 fully saturated rings. The SMILES string of the molecule is CCC1(CC)CSC(=NCc2ccccc2C)N1. The molecule has 0 radical (unpaired) electrons. The number of rotatable bonds is 4. The Morgan fingerprint density at radius 2 is 2.00 bits per heavy atom. The molecule has 1 N–H and O–H groups in total. The van der Waals surface area contributed by atoms with Crippen LogP contribution in [-0.2, 0) is 6.54 Å². The summed E-state index contributed by atoms with van der Waals surface area (Å²) in [6.45, 7) is 7.43. The van der Waals surface area contributed by atoms with Gasteiger partial charge in [0.1, 0.15) is 0 Å². The summed E-state index contributed by atoms with van der Waals surface area (Å²) in [5.74, 6) is 1.15. The van der Waals surface area contributed by atoms with Crippen molar-refractivity contribution in [2.24, 2.45) is 4.99 Å². The van der Waals surface area contributed by atoms with Crippen LogP contribution in [0.4, 0.5) is 0 Å². The van der Waals surface area contributed by atoms with Crippen molar-refractivity contribution in [3.05, 3.63) is 35.4 Å². The van der Waals surface area contributed by atoms with Gasteiger partial charge >= 0.3 is 0 Å². The predicted octanol–water partition coefficient (Wildman–Crippen LogP) is 3.75. The third-order valence-corrected chi connectivity index (χ3v) is 5.07. The van der Waals surface area contributed by atoms with Crippen LogP contribution in [0.1, 0.15) is 37.8 Å². The highest BCUT2D eigenvalue weighted by Crippen LogP contribution is 2.29. The molecule has 0 amide bonds. The molecule has 0 aliphatic carbocycles. The van der Waals surface area contributed by atoms with Crippen LogP contribution in [0.5, 0.6) is 0 Å². The van der Waals surface area contributed by atoms with Crippen LogP contribution in [0.3, 0.4) is 0 Å². The van der Waals surface area contributed by atoms with Crippen molar-refractivity contribution in [3.8, 4) is 0 Å². The van der Waals surface area contributed by atoms with Crippen LogP contribution in [0.15, 0.2) is 29.3 Å². The molecule has 2 rings (SSSR count). The van der Waals surface area contributed by atoms with Gasteiger partial charge in [-0.05, 0) is 30.9 Å². The zero-order valence-electron chi connectivity index (χ0n) is 11.5. The fourth-order valence-electron chi connectivity index (χ4n) is 2.17. The summed E-state index contributed by atoms with van der Waals surface area (Å²) in [6.07, 6.45) is 2.33. The van der Waals surface area contributed by atoms with E-state index in [1.54, 1.807) is 0 Å². The Hall–Kier alpha value is -0.960. The standard InChI is InChI=1S/C15H22N2S/c1-4-15(5-2)11-18-14(17-15)16-10-13-9-7-6-8-12(13)3/h6-9H,4-5,10-11H2,1-3H3,(H,16,17). The number of hydrogen-bond donors (Lipinski definition) is 1. The Morgan fingerprint density at radius 3 is 2.61 bits per heavy atom. The molecular formula is C15H22N2S. The smallest absolute Gasteiger partial charge is 0.157 e. The lowest BCUT2D eigenvalue weighted by Gasteiger charge is -2.25. The summed E-state index contributed by atoms with van der Waals surface area (Å²) in [5.41, 5.74) is 2.91. The van der Waals surface area contributed by atoms with Gasteiger partial charge in [-0.1, -0.05) is 49.9 Å². The van der Waals surface area contributed by atoms with E-state index in [4.69, 9.17) is 4.99 Å². The number of nitrogens with zero attached hydrogens (tertiary/aromatic N) is 1. The van der Waals surface area contributed by atoms with E-state index < -0.39 is 0 Å². The van der Waals surface area contributed by atoms with Gasteiger partial charge in [-0.2, -0.15) is 0 Å². The molecule has 0 atom stereocenters. The first-order valence-corrected chi connectivity index (χ1v) is 7.67. The maximum atomic E-state index is 4.71. The highest BCUT2D eigenvalue weighted by Gasteiger charge is 2.33. The molecule has 0 aromatic heterocycles. The monoisotopic (exact) mass is 262 g/mol. The average Bonchev–Trinajstić information content (AvgIpc) is 2.82. The topological polar surface area (TPSA) is 24.4 Å². The highest BCUT2D eigenvalue weighted by molar-refractivity contribution is 8.14. The minimum Gasteiger partial charge on any atom is -0.359 e. The molecule has 1 aliphatic rings. The first kappa shape index (κ1) is 13.5. The van der Waals surface area contributed by atoms with Crippen LogP contribution < -0.4 is 5.32 Å². The average molecular weight is 262 g/mol. The zero-order chi connectivity index (χ0) is 13.0. The first-order valence-electron chi connectivity index (χ1n) is 6.69. The van der Waals surface area contributed by atoms with Gasteiger partial charge in [0.2, 0.25) is 0 Å². The van der Waals surface area contributed by atoms with E-state index in [2.05, 4.69) is 50.4 Å². The van der Waals surface area contributed by atoms with Gasteiger partial charge in [0.15, 0.2) is 5.17 Å². The minimum atomic E-state index is 0.273. The van der Waals surface area contributed by atoms with Crippen LogP contribution in [0.25, 0.3) is 0 Å². The van der Waals surface area contributed by atoms with Gasteiger partial charge in [-0.25, -0.2) is 0 Å². The molecule has 98 valence electrons. The van der Waals surface area contributed by atoms with E-state index in [0.29, 0.717) is 0 Å². The van der Waals surface area contributed by atoms with Gasteiger partial charge in [-0.15, -0.1) is 0 Å². The third-order valence-electron chi connectivity index (χ3n) is 3.87. The van der Waals surface area contributed by atoms with Crippen LogP contribution in [0, 0.1) is 6.92 Å². The fourth-order valence-corrected chi connectivity index (χ4v) is 3.50. The summed E-state index contributed by atoms with van der Waals surface area (Å²) in [7, 11) is 0. The molecule has 1 heterocycles. The van der Waals surface area contributed by atoms with Gasteiger partial charge in [0.05, 0.1) is 6.54 Å². The summed E-state index contributed by atoms with van der Waals surface area (Å²) in [5, 5.41) is 4.72. The number of aliphatic imine (C=N–C) groups is 1. The third kappa shape index (κ3) is 2.89. The lowest BCUT2D eigenvalue weighted by atomic mass is 9.96. The van der Waals surface area contributed by atoms with Crippen molar-refractivity contribution in [2.45, 2.75) is 45.7 Å². The minimum absolute atomic E-state index is 0.273. The molecule has 1 aromatic rings. The van der Waals surface area contributed by atoms with Crippen LogP contribution in [0.2, 0.25) is 0 Å². The molecule has 3 heteroatoms. The molecule has 1 aromatic carbocycles. The number of benzene rings is 1.